The Morgan fingerprint density at radius 1 is 1.07 bits per heavy atom. The Morgan fingerprint density at radius 2 is 1.78 bits per heavy atom. The number of pyridine rings is 1. The minimum absolute atomic E-state index is 0.136. The minimum atomic E-state index is -0.441. The third-order valence-corrected chi connectivity index (χ3v) is 4.40. The molecule has 2 aromatic carbocycles. The topological polar surface area (TPSA) is 45.2 Å². The summed E-state index contributed by atoms with van der Waals surface area (Å²) in [4.78, 5) is 19.1. The lowest BCUT2D eigenvalue weighted by Gasteiger charge is -2.18. The molecule has 1 unspecified atom stereocenters. The van der Waals surface area contributed by atoms with Crippen LogP contribution in [-0.4, -0.2) is 25.0 Å². The molecule has 4 nitrogen and oxygen atoms in total. The Bertz CT molecular complexity index is 878. The first-order valence-electron chi connectivity index (χ1n) is 8.75. The summed E-state index contributed by atoms with van der Waals surface area (Å²) in [7, 11) is 3.93. The highest BCUT2D eigenvalue weighted by Crippen LogP contribution is 2.24. The molecule has 0 bridgehead atoms. The number of nitrogens with one attached hydrogen (secondary N) is 1. The fourth-order valence-corrected chi connectivity index (χ4v) is 2.88. The summed E-state index contributed by atoms with van der Waals surface area (Å²) in [6.45, 7) is 0. The van der Waals surface area contributed by atoms with Gasteiger partial charge in [0.25, 0.3) is 0 Å². The maximum absolute atomic E-state index is 13.3. The molecule has 0 radical (unpaired) electrons. The van der Waals surface area contributed by atoms with E-state index in [0.29, 0.717) is 6.42 Å². The summed E-state index contributed by atoms with van der Waals surface area (Å²) >= 11 is 0. The Morgan fingerprint density at radius 3 is 2.37 bits per heavy atom. The highest BCUT2D eigenvalue weighted by atomic mass is 19.1. The number of hydrogen-bond donors (Lipinski definition) is 1. The Hall–Kier alpha value is -3.21. The molecule has 5 heteroatoms. The average molecular weight is 363 g/mol. The zero-order valence-electron chi connectivity index (χ0n) is 15.4. The minimum Gasteiger partial charge on any atom is -0.378 e. The molecule has 0 saturated carbocycles. The number of carbonyl (C=O) groups is 1. The van der Waals surface area contributed by atoms with Gasteiger partial charge in [0.2, 0.25) is 5.91 Å². The fourth-order valence-electron chi connectivity index (χ4n) is 2.88. The third-order valence-electron chi connectivity index (χ3n) is 4.40. The van der Waals surface area contributed by atoms with Gasteiger partial charge >= 0.3 is 0 Å². The number of aromatic nitrogens is 1. The number of rotatable bonds is 6. The van der Waals surface area contributed by atoms with E-state index >= 15 is 0 Å². The lowest BCUT2D eigenvalue weighted by molar-refractivity contribution is -0.117. The van der Waals surface area contributed by atoms with Crippen LogP contribution in [0.15, 0.2) is 73.1 Å². The number of nitrogens with zero attached hydrogens (tertiary/aromatic N) is 2. The molecular formula is C22H22FN3O. The molecule has 27 heavy (non-hydrogen) atoms. The average Bonchev–Trinajstić information content (AvgIpc) is 2.68. The van der Waals surface area contributed by atoms with Crippen LogP contribution in [0.3, 0.4) is 0 Å². The molecule has 0 fully saturated rings. The second-order valence-corrected chi connectivity index (χ2v) is 6.60. The van der Waals surface area contributed by atoms with Crippen molar-refractivity contribution in [1.29, 1.82) is 0 Å². The summed E-state index contributed by atoms with van der Waals surface area (Å²) < 4.78 is 13.3. The normalized spacial score (nSPS) is 11.7. The van der Waals surface area contributed by atoms with Crippen LogP contribution in [0.4, 0.5) is 15.8 Å². The molecule has 0 spiro atoms. The van der Waals surface area contributed by atoms with Crippen LogP contribution >= 0.6 is 0 Å². The fraction of sp³-hybridized carbons (Fsp3) is 0.182. The zero-order chi connectivity index (χ0) is 19.2. The molecule has 1 heterocycles. The summed E-state index contributed by atoms with van der Waals surface area (Å²) in [6.07, 6.45) is 3.93. The maximum atomic E-state index is 13.3. The lowest BCUT2D eigenvalue weighted by atomic mass is 9.91. The predicted molar refractivity (Wildman–Crippen MR) is 106 cm³/mol. The van der Waals surface area contributed by atoms with Crippen LogP contribution in [0.1, 0.15) is 17.0 Å². The Labute approximate surface area is 158 Å². The second-order valence-electron chi connectivity index (χ2n) is 6.60. The van der Waals surface area contributed by atoms with Crippen molar-refractivity contribution in [2.24, 2.45) is 0 Å². The summed E-state index contributed by atoms with van der Waals surface area (Å²) in [6, 6.07) is 17.5. The lowest BCUT2D eigenvalue weighted by Crippen LogP contribution is -2.23. The molecule has 1 N–H and O–H groups in total. The van der Waals surface area contributed by atoms with Gasteiger partial charge in [-0.05, 0) is 60.0 Å². The molecule has 1 atom stereocenters. The smallest absolute Gasteiger partial charge is 0.232 e. The van der Waals surface area contributed by atoms with Gasteiger partial charge in [-0.3, -0.25) is 9.78 Å². The van der Waals surface area contributed by atoms with E-state index < -0.39 is 5.92 Å². The summed E-state index contributed by atoms with van der Waals surface area (Å²) in [5.74, 6) is -0.898. The van der Waals surface area contributed by atoms with Crippen molar-refractivity contribution in [2.45, 2.75) is 12.3 Å². The summed E-state index contributed by atoms with van der Waals surface area (Å²) in [5.41, 5.74) is 3.50. The monoisotopic (exact) mass is 363 g/mol. The highest BCUT2D eigenvalue weighted by molar-refractivity contribution is 5.96. The van der Waals surface area contributed by atoms with E-state index in [1.165, 1.54) is 12.1 Å². The van der Waals surface area contributed by atoms with E-state index in [1.807, 2.05) is 55.4 Å². The predicted octanol–water partition coefficient (Wildman–Crippen LogP) is 4.25. The molecule has 0 saturated heterocycles. The van der Waals surface area contributed by atoms with E-state index in [-0.39, 0.29) is 11.7 Å². The van der Waals surface area contributed by atoms with Crippen LogP contribution < -0.4 is 10.2 Å². The Balaban J connectivity index is 1.82. The number of amides is 1. The molecule has 0 aliphatic carbocycles. The van der Waals surface area contributed by atoms with Crippen LogP contribution in [-0.2, 0) is 11.2 Å². The SMILES string of the molecule is CN(C)c1ccc(NC(=O)C(Cc2cccnc2)c2ccc(F)cc2)cc1. The van der Waals surface area contributed by atoms with Crippen LogP contribution in [0.5, 0.6) is 0 Å². The van der Waals surface area contributed by atoms with Crippen molar-refractivity contribution in [3.05, 3.63) is 90.0 Å². The van der Waals surface area contributed by atoms with Gasteiger partial charge in [0.05, 0.1) is 5.92 Å². The van der Waals surface area contributed by atoms with Gasteiger partial charge in [-0.2, -0.15) is 0 Å². The number of hydrogen-bond acceptors (Lipinski definition) is 3. The number of carbonyl (C=O) groups excluding carboxylic acids is 1. The first kappa shape index (κ1) is 18.6. The van der Waals surface area contributed by atoms with Crippen molar-refractivity contribution in [1.82, 2.24) is 4.98 Å². The Kier molecular flexibility index (Phi) is 5.81. The van der Waals surface area contributed by atoms with Crippen molar-refractivity contribution >= 4 is 17.3 Å². The first-order valence-corrected chi connectivity index (χ1v) is 8.75. The second kappa shape index (κ2) is 8.45. The van der Waals surface area contributed by atoms with Crippen LogP contribution in [0.25, 0.3) is 0 Å². The van der Waals surface area contributed by atoms with Gasteiger partial charge in [-0.1, -0.05) is 18.2 Å². The molecule has 3 aromatic rings. The van der Waals surface area contributed by atoms with Crippen LogP contribution in [0, 0.1) is 5.82 Å². The van der Waals surface area contributed by atoms with E-state index in [1.54, 1.807) is 24.5 Å². The number of halogens is 1. The molecule has 1 aromatic heterocycles. The zero-order valence-corrected chi connectivity index (χ0v) is 15.4. The molecule has 3 rings (SSSR count). The van der Waals surface area contributed by atoms with E-state index in [4.69, 9.17) is 0 Å². The summed E-state index contributed by atoms with van der Waals surface area (Å²) in [5, 5.41) is 2.97. The van der Waals surface area contributed by atoms with Crippen molar-refractivity contribution in [3.8, 4) is 0 Å². The number of benzene rings is 2. The quantitative estimate of drug-likeness (QED) is 0.712. The van der Waals surface area contributed by atoms with E-state index in [0.717, 1.165) is 22.5 Å². The van der Waals surface area contributed by atoms with Crippen LogP contribution in [0.2, 0.25) is 0 Å². The van der Waals surface area contributed by atoms with E-state index in [9.17, 15) is 9.18 Å². The van der Waals surface area contributed by atoms with Crippen molar-refractivity contribution < 1.29 is 9.18 Å². The van der Waals surface area contributed by atoms with Gasteiger partial charge in [0, 0.05) is 37.9 Å². The highest BCUT2D eigenvalue weighted by Gasteiger charge is 2.21. The maximum Gasteiger partial charge on any atom is 0.232 e. The standard InChI is InChI=1S/C22H22FN3O/c1-26(2)20-11-9-19(10-12-20)25-22(27)21(14-16-4-3-13-24-15-16)17-5-7-18(23)8-6-17/h3-13,15,21H,14H2,1-2H3,(H,25,27). The number of anilines is 2. The first-order chi connectivity index (χ1) is 13.0. The van der Waals surface area contributed by atoms with Gasteiger partial charge in [0.1, 0.15) is 5.82 Å². The molecule has 138 valence electrons. The van der Waals surface area contributed by atoms with Crippen molar-refractivity contribution in [2.75, 3.05) is 24.3 Å². The molecule has 0 aliphatic heterocycles. The molecular weight excluding hydrogens is 341 g/mol. The van der Waals surface area contributed by atoms with Gasteiger partial charge in [-0.15, -0.1) is 0 Å². The molecule has 0 aliphatic rings. The van der Waals surface area contributed by atoms with Crippen molar-refractivity contribution in [3.63, 3.8) is 0 Å². The third kappa shape index (κ3) is 4.91. The largest absolute Gasteiger partial charge is 0.378 e. The van der Waals surface area contributed by atoms with Gasteiger partial charge < -0.3 is 10.2 Å². The molecule has 1 amide bonds. The van der Waals surface area contributed by atoms with E-state index in [2.05, 4.69) is 10.3 Å². The van der Waals surface area contributed by atoms with Gasteiger partial charge in [0.15, 0.2) is 0 Å². The van der Waals surface area contributed by atoms with Gasteiger partial charge in [-0.25, -0.2) is 4.39 Å².